The lowest BCUT2D eigenvalue weighted by molar-refractivity contribution is 0.439. The molecule has 0 radical (unpaired) electrons. The molecule has 3 aromatic rings. The predicted octanol–water partition coefficient (Wildman–Crippen LogP) is 3.96. The van der Waals surface area contributed by atoms with Crippen molar-refractivity contribution in [2.75, 3.05) is 5.73 Å². The number of hydrogen-bond donors (Lipinski definition) is 1. The number of anilines is 1. The van der Waals surface area contributed by atoms with Gasteiger partial charge >= 0.3 is 0 Å². The summed E-state index contributed by atoms with van der Waals surface area (Å²) in [6.45, 7) is 2.06. The van der Waals surface area contributed by atoms with E-state index >= 15 is 0 Å². The highest BCUT2D eigenvalue weighted by Crippen LogP contribution is 2.38. The van der Waals surface area contributed by atoms with Gasteiger partial charge in [-0.2, -0.15) is 11.3 Å². The van der Waals surface area contributed by atoms with E-state index in [1.165, 1.54) is 5.56 Å². The molecule has 3 rings (SSSR count). The molecular formula is C14H12N2OS. The third-order valence-corrected chi connectivity index (χ3v) is 3.75. The van der Waals surface area contributed by atoms with Crippen LogP contribution in [-0.4, -0.2) is 5.16 Å². The Labute approximate surface area is 109 Å². The Balaban J connectivity index is 2.22. The highest BCUT2D eigenvalue weighted by Gasteiger charge is 2.18. The highest BCUT2D eigenvalue weighted by atomic mass is 32.1. The van der Waals surface area contributed by atoms with Crippen LogP contribution in [0.5, 0.6) is 0 Å². The first-order chi connectivity index (χ1) is 8.77. The van der Waals surface area contributed by atoms with Crippen LogP contribution in [0.1, 0.15) is 5.56 Å². The first-order valence-electron chi connectivity index (χ1n) is 5.61. The van der Waals surface area contributed by atoms with E-state index < -0.39 is 0 Å². The minimum atomic E-state index is 0.363. The predicted molar refractivity (Wildman–Crippen MR) is 74.4 cm³/mol. The van der Waals surface area contributed by atoms with Crippen molar-refractivity contribution in [2.24, 2.45) is 0 Å². The standard InChI is InChI=1S/C14H12N2OS/c1-9-7-18-8-11(9)13-12(14(15)17-16-13)10-5-3-2-4-6-10/h2-8H,15H2,1H3. The Hall–Kier alpha value is -2.07. The smallest absolute Gasteiger partial charge is 0.230 e. The Morgan fingerprint density at radius 3 is 2.61 bits per heavy atom. The molecule has 1 aromatic carbocycles. The molecule has 2 heterocycles. The van der Waals surface area contributed by atoms with Crippen LogP contribution in [0.3, 0.4) is 0 Å². The number of nitrogen functional groups attached to an aromatic ring is 1. The van der Waals surface area contributed by atoms with Gasteiger partial charge in [0, 0.05) is 10.9 Å². The van der Waals surface area contributed by atoms with Crippen molar-refractivity contribution >= 4 is 17.2 Å². The van der Waals surface area contributed by atoms with E-state index in [0.29, 0.717) is 5.88 Å². The van der Waals surface area contributed by atoms with Crippen LogP contribution in [0, 0.1) is 6.92 Å². The number of nitrogens with zero attached hydrogens (tertiary/aromatic N) is 1. The quantitative estimate of drug-likeness (QED) is 0.755. The zero-order valence-corrected chi connectivity index (χ0v) is 10.7. The molecule has 0 saturated heterocycles. The number of thiophene rings is 1. The van der Waals surface area contributed by atoms with Crippen molar-refractivity contribution in [1.29, 1.82) is 0 Å². The third kappa shape index (κ3) is 1.71. The number of hydrogen-bond acceptors (Lipinski definition) is 4. The summed E-state index contributed by atoms with van der Waals surface area (Å²) in [5.74, 6) is 0.363. The molecule has 0 aliphatic carbocycles. The number of rotatable bonds is 2. The number of aryl methyl sites for hydroxylation is 1. The van der Waals surface area contributed by atoms with Crippen LogP contribution in [0.2, 0.25) is 0 Å². The van der Waals surface area contributed by atoms with Crippen LogP contribution in [0.25, 0.3) is 22.4 Å². The topological polar surface area (TPSA) is 52.0 Å². The van der Waals surface area contributed by atoms with Gasteiger partial charge in [-0.1, -0.05) is 35.5 Å². The Morgan fingerprint density at radius 1 is 1.17 bits per heavy atom. The first kappa shape index (κ1) is 11.0. The van der Waals surface area contributed by atoms with E-state index in [9.17, 15) is 0 Å². The van der Waals surface area contributed by atoms with Crippen LogP contribution in [0.15, 0.2) is 45.6 Å². The lowest BCUT2D eigenvalue weighted by Crippen LogP contribution is -1.87. The Kier molecular flexibility index (Phi) is 2.64. The Morgan fingerprint density at radius 2 is 1.94 bits per heavy atom. The first-order valence-corrected chi connectivity index (χ1v) is 6.55. The maximum atomic E-state index is 5.90. The molecule has 2 N–H and O–H groups in total. The van der Waals surface area contributed by atoms with Crippen molar-refractivity contribution in [3.8, 4) is 22.4 Å². The fourth-order valence-corrected chi connectivity index (χ4v) is 2.81. The van der Waals surface area contributed by atoms with Gasteiger partial charge in [-0.05, 0) is 23.4 Å². The number of aromatic nitrogens is 1. The van der Waals surface area contributed by atoms with E-state index in [-0.39, 0.29) is 0 Å². The van der Waals surface area contributed by atoms with Gasteiger partial charge in [0.25, 0.3) is 0 Å². The molecule has 0 fully saturated rings. The minimum Gasteiger partial charge on any atom is -0.367 e. The van der Waals surface area contributed by atoms with Gasteiger partial charge in [-0.15, -0.1) is 0 Å². The van der Waals surface area contributed by atoms with Crippen molar-refractivity contribution in [3.63, 3.8) is 0 Å². The van der Waals surface area contributed by atoms with Crippen LogP contribution in [-0.2, 0) is 0 Å². The van der Waals surface area contributed by atoms with E-state index in [1.54, 1.807) is 11.3 Å². The van der Waals surface area contributed by atoms with Gasteiger partial charge in [0.15, 0.2) is 0 Å². The molecule has 18 heavy (non-hydrogen) atoms. The van der Waals surface area contributed by atoms with Crippen LogP contribution >= 0.6 is 11.3 Å². The average molecular weight is 256 g/mol. The largest absolute Gasteiger partial charge is 0.367 e. The maximum absolute atomic E-state index is 5.90. The molecule has 0 amide bonds. The van der Waals surface area contributed by atoms with Crippen LogP contribution in [0.4, 0.5) is 5.88 Å². The summed E-state index contributed by atoms with van der Waals surface area (Å²) in [6, 6.07) is 9.95. The second-order valence-electron chi connectivity index (χ2n) is 4.10. The molecule has 0 aliphatic heterocycles. The molecule has 0 spiro atoms. The Bertz CT molecular complexity index is 670. The van der Waals surface area contributed by atoms with E-state index in [4.69, 9.17) is 10.3 Å². The fourth-order valence-electron chi connectivity index (χ4n) is 1.97. The summed E-state index contributed by atoms with van der Waals surface area (Å²) in [7, 11) is 0. The molecule has 0 atom stereocenters. The molecule has 0 aliphatic rings. The number of benzene rings is 1. The minimum absolute atomic E-state index is 0.363. The van der Waals surface area contributed by atoms with Crippen molar-refractivity contribution < 1.29 is 4.52 Å². The van der Waals surface area contributed by atoms with Gasteiger partial charge in [0.05, 0.1) is 5.56 Å². The van der Waals surface area contributed by atoms with Gasteiger partial charge in [0.2, 0.25) is 5.88 Å². The summed E-state index contributed by atoms with van der Waals surface area (Å²) in [5.41, 5.74) is 10.9. The zero-order valence-electron chi connectivity index (χ0n) is 9.88. The highest BCUT2D eigenvalue weighted by molar-refractivity contribution is 7.08. The molecule has 2 aromatic heterocycles. The van der Waals surface area contributed by atoms with Crippen molar-refractivity contribution in [3.05, 3.63) is 46.7 Å². The lowest BCUT2D eigenvalue weighted by Gasteiger charge is -2.01. The normalized spacial score (nSPS) is 10.7. The van der Waals surface area contributed by atoms with E-state index in [0.717, 1.165) is 22.4 Å². The van der Waals surface area contributed by atoms with Crippen molar-refractivity contribution in [2.45, 2.75) is 6.92 Å². The summed E-state index contributed by atoms with van der Waals surface area (Å²) in [6.07, 6.45) is 0. The van der Waals surface area contributed by atoms with Gasteiger partial charge < -0.3 is 10.3 Å². The fraction of sp³-hybridized carbons (Fsp3) is 0.0714. The summed E-state index contributed by atoms with van der Waals surface area (Å²) in [5, 5.41) is 8.26. The van der Waals surface area contributed by atoms with Gasteiger partial charge in [0.1, 0.15) is 5.69 Å². The van der Waals surface area contributed by atoms with Crippen molar-refractivity contribution in [1.82, 2.24) is 5.16 Å². The summed E-state index contributed by atoms with van der Waals surface area (Å²) >= 11 is 1.65. The monoisotopic (exact) mass is 256 g/mol. The molecule has 0 saturated carbocycles. The molecule has 3 nitrogen and oxygen atoms in total. The average Bonchev–Trinajstić information content (AvgIpc) is 2.96. The lowest BCUT2D eigenvalue weighted by atomic mass is 10.0. The molecule has 0 bridgehead atoms. The van der Waals surface area contributed by atoms with Gasteiger partial charge in [-0.3, -0.25) is 0 Å². The summed E-state index contributed by atoms with van der Waals surface area (Å²) in [4.78, 5) is 0. The summed E-state index contributed by atoms with van der Waals surface area (Å²) < 4.78 is 5.16. The molecule has 90 valence electrons. The molecule has 0 unspecified atom stereocenters. The second-order valence-corrected chi connectivity index (χ2v) is 4.85. The third-order valence-electron chi connectivity index (χ3n) is 2.89. The van der Waals surface area contributed by atoms with E-state index in [2.05, 4.69) is 22.8 Å². The van der Waals surface area contributed by atoms with E-state index in [1.807, 2.05) is 30.3 Å². The maximum Gasteiger partial charge on any atom is 0.230 e. The molecular weight excluding hydrogens is 244 g/mol. The second kappa shape index (κ2) is 4.31. The van der Waals surface area contributed by atoms with Crippen LogP contribution < -0.4 is 5.73 Å². The zero-order chi connectivity index (χ0) is 12.5. The number of nitrogens with two attached hydrogens (primary N) is 1. The molecule has 4 heteroatoms. The SMILES string of the molecule is Cc1cscc1-c1noc(N)c1-c1ccccc1. The van der Waals surface area contributed by atoms with Gasteiger partial charge in [-0.25, -0.2) is 0 Å².